The molecule has 0 aromatic heterocycles. The minimum Gasteiger partial charge on any atom is -0.302 e. The first kappa shape index (κ1) is 15.9. The van der Waals surface area contributed by atoms with Crippen LogP contribution in [0.2, 0.25) is 0 Å². The molecule has 2 aromatic rings. The number of hydrogen-bond donors (Lipinski definition) is 2. The molecule has 0 spiro atoms. The van der Waals surface area contributed by atoms with Crippen molar-refractivity contribution in [2.75, 3.05) is 13.1 Å². The Labute approximate surface area is 133 Å². The van der Waals surface area contributed by atoms with Gasteiger partial charge in [-0.05, 0) is 22.3 Å². The molecular weight excluding hydrogens is 268 g/mol. The fourth-order valence-corrected chi connectivity index (χ4v) is 2.19. The highest BCUT2D eigenvalue weighted by Gasteiger charge is 1.99. The van der Waals surface area contributed by atoms with Crippen LogP contribution in [-0.4, -0.2) is 13.1 Å². The third-order valence-electron chi connectivity index (χ3n) is 3.35. The maximum absolute atomic E-state index is 5.22. The normalized spacial score (nSPS) is 9.91. The van der Waals surface area contributed by atoms with Crippen LogP contribution < -0.4 is 10.6 Å². The van der Waals surface area contributed by atoms with E-state index in [1.807, 2.05) is 0 Å². The summed E-state index contributed by atoms with van der Waals surface area (Å²) in [5.74, 6) is 5.14. The number of benzene rings is 2. The van der Waals surface area contributed by atoms with Gasteiger partial charge in [0.25, 0.3) is 0 Å². The van der Waals surface area contributed by atoms with E-state index in [-0.39, 0.29) is 0 Å². The topological polar surface area (TPSA) is 24.1 Å². The maximum atomic E-state index is 5.22. The lowest BCUT2D eigenvalue weighted by Gasteiger charge is -2.07. The lowest BCUT2D eigenvalue weighted by atomic mass is 10.0. The van der Waals surface area contributed by atoms with Crippen LogP contribution in [0.5, 0.6) is 0 Å². The fraction of sp³-hybridized carbons (Fsp3) is 0.200. The lowest BCUT2D eigenvalue weighted by molar-refractivity contribution is 0.770. The second-order valence-electron chi connectivity index (χ2n) is 5.01. The van der Waals surface area contributed by atoms with Gasteiger partial charge in [-0.3, -0.25) is 0 Å². The fourth-order valence-electron chi connectivity index (χ4n) is 2.19. The molecule has 0 aliphatic carbocycles. The molecule has 0 radical (unpaired) electrons. The predicted molar refractivity (Wildman–Crippen MR) is 93.0 cm³/mol. The Morgan fingerprint density at radius 3 is 1.32 bits per heavy atom. The molecule has 0 bridgehead atoms. The van der Waals surface area contributed by atoms with Gasteiger partial charge in [-0.25, -0.2) is 0 Å². The second kappa shape index (κ2) is 8.70. The van der Waals surface area contributed by atoms with E-state index >= 15 is 0 Å². The number of rotatable bonds is 7. The smallest absolute Gasteiger partial charge is 0.0576 e. The van der Waals surface area contributed by atoms with Gasteiger partial charge >= 0.3 is 0 Å². The molecule has 2 heteroatoms. The van der Waals surface area contributed by atoms with Gasteiger partial charge in [0, 0.05) is 13.1 Å². The summed E-state index contributed by atoms with van der Waals surface area (Å²) in [5.41, 5.74) is 4.89. The largest absolute Gasteiger partial charge is 0.302 e. The summed E-state index contributed by atoms with van der Waals surface area (Å²) in [6.45, 7) is 2.78. The molecule has 0 unspecified atom stereocenters. The van der Waals surface area contributed by atoms with Crippen molar-refractivity contribution in [1.82, 2.24) is 10.6 Å². The maximum Gasteiger partial charge on any atom is 0.0576 e. The van der Waals surface area contributed by atoms with Gasteiger partial charge in [-0.15, -0.1) is 12.8 Å². The molecule has 2 aromatic carbocycles. The number of nitrogens with one attached hydrogen (secondary N) is 2. The van der Waals surface area contributed by atoms with Crippen molar-refractivity contribution in [3.05, 3.63) is 59.7 Å². The van der Waals surface area contributed by atoms with E-state index < -0.39 is 0 Å². The Hall–Kier alpha value is -2.52. The van der Waals surface area contributed by atoms with Crippen molar-refractivity contribution in [2.24, 2.45) is 0 Å². The van der Waals surface area contributed by atoms with Crippen LogP contribution in [0.25, 0.3) is 11.1 Å². The van der Waals surface area contributed by atoms with Gasteiger partial charge in [0.15, 0.2) is 0 Å². The molecule has 110 valence electrons. The predicted octanol–water partition coefficient (Wildman–Crippen LogP) is 2.80. The van der Waals surface area contributed by atoms with Crippen LogP contribution in [0, 0.1) is 24.7 Å². The molecule has 0 aliphatic rings. The van der Waals surface area contributed by atoms with Crippen molar-refractivity contribution in [3.8, 4) is 35.8 Å². The van der Waals surface area contributed by atoms with Crippen LogP contribution in [0.1, 0.15) is 11.1 Å². The van der Waals surface area contributed by atoms with E-state index in [2.05, 4.69) is 71.0 Å². The van der Waals surface area contributed by atoms with Gasteiger partial charge in [0.1, 0.15) is 0 Å². The van der Waals surface area contributed by atoms with Crippen LogP contribution in [0.15, 0.2) is 48.5 Å². The minimum atomic E-state index is 0.594. The zero-order valence-electron chi connectivity index (χ0n) is 12.6. The molecule has 2 nitrogen and oxygen atoms in total. The van der Waals surface area contributed by atoms with Crippen LogP contribution in [-0.2, 0) is 13.1 Å². The molecule has 22 heavy (non-hydrogen) atoms. The molecule has 0 saturated carbocycles. The summed E-state index contributed by atoms with van der Waals surface area (Å²) < 4.78 is 0. The van der Waals surface area contributed by atoms with Crippen molar-refractivity contribution in [1.29, 1.82) is 0 Å². The average molecular weight is 288 g/mol. The molecule has 0 atom stereocenters. The summed E-state index contributed by atoms with van der Waals surface area (Å²) in [6.07, 6.45) is 10.4. The third-order valence-corrected chi connectivity index (χ3v) is 3.35. The highest BCUT2D eigenvalue weighted by Crippen LogP contribution is 2.20. The summed E-state index contributed by atoms with van der Waals surface area (Å²) >= 11 is 0. The Kier molecular flexibility index (Phi) is 6.27. The summed E-state index contributed by atoms with van der Waals surface area (Å²) in [7, 11) is 0. The van der Waals surface area contributed by atoms with Gasteiger partial charge in [0.2, 0.25) is 0 Å². The Morgan fingerprint density at radius 2 is 1.00 bits per heavy atom. The van der Waals surface area contributed by atoms with Gasteiger partial charge in [-0.2, -0.15) is 0 Å². The summed E-state index contributed by atoms with van der Waals surface area (Å²) in [4.78, 5) is 0. The monoisotopic (exact) mass is 288 g/mol. The molecule has 0 saturated heterocycles. The van der Waals surface area contributed by atoms with Crippen molar-refractivity contribution >= 4 is 0 Å². The van der Waals surface area contributed by atoms with Crippen molar-refractivity contribution < 1.29 is 0 Å². The number of terminal acetylenes is 2. The zero-order valence-corrected chi connectivity index (χ0v) is 12.6. The van der Waals surface area contributed by atoms with Crippen LogP contribution in [0.4, 0.5) is 0 Å². The zero-order chi connectivity index (χ0) is 15.6. The molecule has 0 heterocycles. The Balaban J connectivity index is 1.96. The quantitative estimate of drug-likeness (QED) is 0.605. The highest BCUT2D eigenvalue weighted by atomic mass is 14.8. The SMILES string of the molecule is C#CCNCc1ccc(-c2ccc(CNCC#C)cc2)cc1. The van der Waals surface area contributed by atoms with Crippen molar-refractivity contribution in [3.63, 3.8) is 0 Å². The Morgan fingerprint density at radius 1 is 0.636 bits per heavy atom. The standard InChI is InChI=1S/C20H20N2/c1-3-13-21-15-17-5-9-19(10-6-17)20-11-7-18(8-12-20)16-22-14-4-2/h1-2,5-12,21-22H,13-16H2. The van der Waals surface area contributed by atoms with E-state index in [1.165, 1.54) is 22.3 Å². The van der Waals surface area contributed by atoms with E-state index in [0.717, 1.165) is 13.1 Å². The molecule has 0 aliphatic heterocycles. The Bertz CT molecular complexity index is 593. The molecular formula is C20H20N2. The van der Waals surface area contributed by atoms with E-state index in [1.54, 1.807) is 0 Å². The molecule has 0 amide bonds. The van der Waals surface area contributed by atoms with Crippen LogP contribution >= 0.6 is 0 Å². The number of hydrogen-bond acceptors (Lipinski definition) is 2. The summed E-state index contributed by atoms with van der Waals surface area (Å²) in [6, 6.07) is 17.1. The third kappa shape index (κ3) is 4.79. The van der Waals surface area contributed by atoms with Crippen LogP contribution in [0.3, 0.4) is 0 Å². The minimum absolute atomic E-state index is 0.594. The van der Waals surface area contributed by atoms with E-state index in [9.17, 15) is 0 Å². The first-order valence-corrected chi connectivity index (χ1v) is 7.30. The van der Waals surface area contributed by atoms with Crippen molar-refractivity contribution in [2.45, 2.75) is 13.1 Å². The molecule has 2 N–H and O–H groups in total. The van der Waals surface area contributed by atoms with E-state index in [0.29, 0.717) is 13.1 Å². The van der Waals surface area contributed by atoms with Gasteiger partial charge in [0.05, 0.1) is 13.1 Å². The first-order chi connectivity index (χ1) is 10.8. The lowest BCUT2D eigenvalue weighted by Crippen LogP contribution is -2.12. The van der Waals surface area contributed by atoms with Gasteiger partial charge in [-0.1, -0.05) is 60.4 Å². The van der Waals surface area contributed by atoms with E-state index in [4.69, 9.17) is 12.8 Å². The average Bonchev–Trinajstić information content (AvgIpc) is 2.57. The molecule has 0 fully saturated rings. The molecule has 2 rings (SSSR count). The first-order valence-electron chi connectivity index (χ1n) is 7.30. The highest BCUT2D eigenvalue weighted by molar-refractivity contribution is 5.63. The summed E-state index contributed by atoms with van der Waals surface area (Å²) in [5, 5.41) is 6.37. The second-order valence-corrected chi connectivity index (χ2v) is 5.01. The van der Waals surface area contributed by atoms with Gasteiger partial charge < -0.3 is 10.6 Å².